The summed E-state index contributed by atoms with van der Waals surface area (Å²) in [5, 5.41) is 5.36. The van der Waals surface area contributed by atoms with Gasteiger partial charge in [0.1, 0.15) is 0 Å². The summed E-state index contributed by atoms with van der Waals surface area (Å²) in [5.74, 6) is -0.380. The predicted molar refractivity (Wildman–Crippen MR) is 120 cm³/mol. The maximum Gasteiger partial charge on any atom is 0.258 e. The second kappa shape index (κ2) is 8.57. The number of hydrogen-bond donors (Lipinski definition) is 1. The second-order valence-corrected chi connectivity index (χ2v) is 8.56. The first-order valence-electron chi connectivity index (χ1n) is 9.28. The summed E-state index contributed by atoms with van der Waals surface area (Å²) in [6.07, 6.45) is 3.10. The number of benzene rings is 2. The van der Waals surface area contributed by atoms with Gasteiger partial charge >= 0.3 is 0 Å². The number of carbonyl (C=O) groups is 2. The predicted octanol–water partition coefficient (Wildman–Crippen LogP) is 6.29. The van der Waals surface area contributed by atoms with Gasteiger partial charge in [0.15, 0.2) is 0 Å². The van der Waals surface area contributed by atoms with Crippen molar-refractivity contribution in [1.29, 1.82) is 0 Å². The molecule has 2 heterocycles. The van der Waals surface area contributed by atoms with E-state index in [9.17, 15) is 9.59 Å². The van der Waals surface area contributed by atoms with Crippen LogP contribution in [0, 0.1) is 0 Å². The van der Waals surface area contributed by atoms with Gasteiger partial charge in [-0.15, -0.1) is 11.3 Å². The van der Waals surface area contributed by atoms with Gasteiger partial charge in [-0.3, -0.25) is 9.59 Å². The summed E-state index contributed by atoms with van der Waals surface area (Å²) in [5.41, 5.74) is 2.48. The second-order valence-electron chi connectivity index (χ2n) is 6.78. The molecule has 7 heteroatoms. The molecule has 3 aromatic rings. The molecule has 2 aromatic carbocycles. The topological polar surface area (TPSA) is 49.4 Å². The Kier molecular flexibility index (Phi) is 5.90. The van der Waals surface area contributed by atoms with Gasteiger partial charge in [-0.1, -0.05) is 29.3 Å². The van der Waals surface area contributed by atoms with E-state index >= 15 is 0 Å². The van der Waals surface area contributed by atoms with Gasteiger partial charge in [-0.2, -0.15) is 0 Å². The van der Waals surface area contributed by atoms with Gasteiger partial charge in [0.25, 0.3) is 11.8 Å². The molecule has 0 saturated carbocycles. The summed E-state index contributed by atoms with van der Waals surface area (Å²) >= 11 is 13.8. The lowest BCUT2D eigenvalue weighted by Crippen LogP contribution is -2.31. The van der Waals surface area contributed by atoms with E-state index < -0.39 is 0 Å². The van der Waals surface area contributed by atoms with Crippen molar-refractivity contribution in [3.8, 4) is 0 Å². The van der Waals surface area contributed by atoms with Crippen molar-refractivity contribution in [2.75, 3.05) is 16.8 Å². The monoisotopic (exact) mass is 444 g/mol. The molecule has 2 amide bonds. The van der Waals surface area contributed by atoms with E-state index in [0.29, 0.717) is 28.4 Å². The minimum absolute atomic E-state index is 0.0256. The third kappa shape index (κ3) is 4.17. The van der Waals surface area contributed by atoms with Gasteiger partial charge in [-0.25, -0.2) is 0 Å². The molecule has 0 fully saturated rings. The van der Waals surface area contributed by atoms with Crippen LogP contribution in [0.1, 0.15) is 38.4 Å². The van der Waals surface area contributed by atoms with Crippen LogP contribution in [0.3, 0.4) is 0 Å². The van der Waals surface area contributed by atoms with Crippen LogP contribution in [0.15, 0.2) is 53.9 Å². The molecule has 0 saturated heterocycles. The number of fused-ring (bicyclic) bond motifs is 1. The first-order valence-corrected chi connectivity index (χ1v) is 10.9. The molecule has 0 spiro atoms. The quantitative estimate of drug-likeness (QED) is 0.515. The van der Waals surface area contributed by atoms with Crippen LogP contribution in [0.2, 0.25) is 10.0 Å². The smallest absolute Gasteiger partial charge is 0.258 e. The molecule has 148 valence electrons. The fourth-order valence-electron chi connectivity index (χ4n) is 3.38. The highest BCUT2D eigenvalue weighted by molar-refractivity contribution is 7.10. The number of halogens is 2. The number of aryl methyl sites for hydroxylation is 1. The average Bonchev–Trinajstić information content (AvgIpc) is 3.09. The SMILES string of the molecule is O=C(Nc1ccc(C(=O)N2CCCCc3sccc32)cc1)c1cccc(Cl)c1Cl. The zero-order chi connectivity index (χ0) is 20.4. The van der Waals surface area contributed by atoms with Crippen molar-refractivity contribution in [1.82, 2.24) is 0 Å². The highest BCUT2D eigenvalue weighted by Crippen LogP contribution is 2.32. The van der Waals surface area contributed by atoms with Gasteiger partial charge in [0.2, 0.25) is 0 Å². The van der Waals surface area contributed by atoms with Crippen LogP contribution < -0.4 is 10.2 Å². The number of hydrogen-bond acceptors (Lipinski definition) is 3. The van der Waals surface area contributed by atoms with Crippen LogP contribution in [0.25, 0.3) is 0 Å². The molecule has 0 atom stereocenters. The van der Waals surface area contributed by atoms with Crippen molar-refractivity contribution < 1.29 is 9.59 Å². The van der Waals surface area contributed by atoms with Gasteiger partial charge in [-0.05, 0) is 67.1 Å². The molecular weight excluding hydrogens is 427 g/mol. The number of amides is 2. The lowest BCUT2D eigenvalue weighted by molar-refractivity contribution is 0.0986. The fourth-order valence-corrected chi connectivity index (χ4v) is 4.69. The van der Waals surface area contributed by atoms with E-state index in [1.807, 2.05) is 16.3 Å². The first kappa shape index (κ1) is 20.0. The Bertz CT molecular complexity index is 1060. The average molecular weight is 445 g/mol. The Balaban J connectivity index is 1.50. The third-order valence-corrected chi connectivity index (χ3v) is 6.67. The van der Waals surface area contributed by atoms with E-state index in [4.69, 9.17) is 23.2 Å². The number of anilines is 2. The van der Waals surface area contributed by atoms with Crippen LogP contribution in [0.4, 0.5) is 11.4 Å². The molecule has 1 aromatic heterocycles. The van der Waals surface area contributed by atoms with E-state index in [-0.39, 0.29) is 16.8 Å². The van der Waals surface area contributed by atoms with Crippen LogP contribution in [-0.2, 0) is 6.42 Å². The minimum atomic E-state index is -0.355. The number of nitrogens with zero attached hydrogens (tertiary/aromatic N) is 1. The molecule has 1 aliphatic rings. The molecule has 1 aliphatic heterocycles. The first-order chi connectivity index (χ1) is 14.0. The molecule has 1 N–H and O–H groups in total. The van der Waals surface area contributed by atoms with Crippen molar-refractivity contribution in [2.24, 2.45) is 0 Å². The molecule has 0 aliphatic carbocycles. The standard InChI is InChI=1S/C22H18Cl2N2O2S/c23-17-5-3-4-16(20(17)24)21(27)25-15-9-7-14(8-10-15)22(28)26-12-2-1-6-19-18(26)11-13-29-19/h3-5,7-11,13H,1-2,6,12H2,(H,25,27). The summed E-state index contributed by atoms with van der Waals surface area (Å²) in [6.45, 7) is 0.717. The highest BCUT2D eigenvalue weighted by atomic mass is 35.5. The van der Waals surface area contributed by atoms with Gasteiger partial charge in [0, 0.05) is 22.7 Å². The van der Waals surface area contributed by atoms with Crippen LogP contribution in [-0.4, -0.2) is 18.4 Å². The number of nitrogens with one attached hydrogen (secondary N) is 1. The summed E-state index contributed by atoms with van der Waals surface area (Å²) in [7, 11) is 0. The minimum Gasteiger partial charge on any atom is -0.322 e. The lowest BCUT2D eigenvalue weighted by atomic mass is 10.1. The fraction of sp³-hybridized carbons (Fsp3) is 0.182. The Morgan fingerprint density at radius 2 is 1.79 bits per heavy atom. The van der Waals surface area contributed by atoms with Crippen LogP contribution >= 0.6 is 34.5 Å². The third-order valence-electron chi connectivity index (χ3n) is 4.88. The summed E-state index contributed by atoms with van der Waals surface area (Å²) in [6, 6.07) is 13.8. The maximum absolute atomic E-state index is 13.1. The largest absolute Gasteiger partial charge is 0.322 e. The lowest BCUT2D eigenvalue weighted by Gasteiger charge is -2.21. The Hall–Kier alpha value is -2.34. The Morgan fingerprint density at radius 1 is 1.00 bits per heavy atom. The summed E-state index contributed by atoms with van der Waals surface area (Å²) in [4.78, 5) is 28.7. The van der Waals surface area contributed by atoms with E-state index in [1.54, 1.807) is 53.8 Å². The Morgan fingerprint density at radius 3 is 2.59 bits per heavy atom. The zero-order valence-corrected chi connectivity index (χ0v) is 17.8. The molecule has 29 heavy (non-hydrogen) atoms. The molecule has 4 nitrogen and oxygen atoms in total. The Labute approximate surface area is 183 Å². The molecule has 0 bridgehead atoms. The van der Waals surface area contributed by atoms with Crippen molar-refractivity contribution in [3.05, 3.63) is 80.0 Å². The van der Waals surface area contributed by atoms with Crippen molar-refractivity contribution in [2.45, 2.75) is 19.3 Å². The normalized spacial score (nSPS) is 13.5. The molecule has 4 rings (SSSR count). The van der Waals surface area contributed by atoms with Crippen molar-refractivity contribution >= 4 is 57.7 Å². The number of carbonyl (C=O) groups excluding carboxylic acids is 2. The molecule has 0 unspecified atom stereocenters. The zero-order valence-electron chi connectivity index (χ0n) is 15.5. The van der Waals surface area contributed by atoms with E-state index in [0.717, 1.165) is 24.9 Å². The van der Waals surface area contributed by atoms with E-state index in [2.05, 4.69) is 5.32 Å². The van der Waals surface area contributed by atoms with Gasteiger partial charge < -0.3 is 10.2 Å². The highest BCUT2D eigenvalue weighted by Gasteiger charge is 2.23. The maximum atomic E-state index is 13.1. The number of thiophene rings is 1. The van der Waals surface area contributed by atoms with Crippen molar-refractivity contribution in [3.63, 3.8) is 0 Å². The van der Waals surface area contributed by atoms with Gasteiger partial charge in [0.05, 0.1) is 21.3 Å². The summed E-state index contributed by atoms with van der Waals surface area (Å²) < 4.78 is 0. The van der Waals surface area contributed by atoms with E-state index in [1.165, 1.54) is 4.88 Å². The van der Waals surface area contributed by atoms with Crippen LogP contribution in [0.5, 0.6) is 0 Å². The molecule has 0 radical (unpaired) electrons. The molecular formula is C22H18Cl2N2O2S. The number of rotatable bonds is 3.